The minimum atomic E-state index is -0.715. The molecule has 2 saturated heterocycles. The van der Waals surface area contributed by atoms with Crippen LogP contribution in [0.1, 0.15) is 34.3 Å². The van der Waals surface area contributed by atoms with Gasteiger partial charge in [-0.2, -0.15) is 0 Å². The van der Waals surface area contributed by atoms with Crippen LogP contribution in [0, 0.1) is 5.82 Å². The largest absolute Gasteiger partial charge is 0.369 e. The molecule has 3 aromatic rings. The van der Waals surface area contributed by atoms with Crippen molar-refractivity contribution in [1.29, 1.82) is 0 Å². The summed E-state index contributed by atoms with van der Waals surface area (Å²) in [7, 11) is 0. The number of aromatic nitrogens is 1. The Morgan fingerprint density at radius 2 is 1.86 bits per heavy atom. The van der Waals surface area contributed by atoms with Crippen molar-refractivity contribution in [3.63, 3.8) is 0 Å². The molecule has 184 valence electrons. The maximum Gasteiger partial charge on any atom is 0.255 e. The summed E-state index contributed by atoms with van der Waals surface area (Å²) in [4.78, 5) is 47.4. The molecule has 6 rings (SSSR count). The molecule has 3 aliphatic heterocycles. The Bertz CT molecular complexity index is 1390. The molecule has 1 atom stereocenters. The predicted octanol–water partition coefficient (Wildman–Crippen LogP) is 2.46. The highest BCUT2D eigenvalue weighted by molar-refractivity contribution is 6.06. The minimum Gasteiger partial charge on any atom is -0.369 e. The van der Waals surface area contributed by atoms with Crippen LogP contribution in [0.15, 0.2) is 48.7 Å². The third kappa shape index (κ3) is 4.09. The monoisotopic (exact) mass is 487 g/mol. The molecule has 1 N–H and O–H groups in total. The van der Waals surface area contributed by atoms with E-state index in [1.165, 1.54) is 22.6 Å². The SMILES string of the molecule is O=C1CCC(N2Cc3c(cc(F)cc3N3CCN(Cc4ccc5ncccc5c4)CC3)C2=O)C(=O)N1. The van der Waals surface area contributed by atoms with Gasteiger partial charge in [-0.25, -0.2) is 4.39 Å². The van der Waals surface area contributed by atoms with Crippen molar-refractivity contribution in [2.24, 2.45) is 0 Å². The fourth-order valence-electron chi connectivity index (χ4n) is 5.52. The standard InChI is InChI=1S/C27H26FN5O3/c28-19-13-20-21(16-33(27(20)36)23-5-6-25(34)30-26(23)35)24(14-19)32-10-8-31(9-11-32)15-17-3-4-22-18(12-17)2-1-7-29-22/h1-4,7,12-14,23H,5-6,8-11,15-16H2,(H,30,34,35). The van der Waals surface area contributed by atoms with Crippen LogP contribution >= 0.6 is 0 Å². The second-order valence-corrected chi connectivity index (χ2v) is 9.64. The third-order valence-electron chi connectivity index (χ3n) is 7.38. The number of nitrogens with zero attached hydrogens (tertiary/aromatic N) is 4. The second-order valence-electron chi connectivity index (χ2n) is 9.64. The van der Waals surface area contributed by atoms with Gasteiger partial charge >= 0.3 is 0 Å². The van der Waals surface area contributed by atoms with Crippen LogP contribution in [0.25, 0.3) is 10.9 Å². The van der Waals surface area contributed by atoms with E-state index in [0.29, 0.717) is 24.3 Å². The summed E-state index contributed by atoms with van der Waals surface area (Å²) in [5.41, 5.74) is 3.97. The summed E-state index contributed by atoms with van der Waals surface area (Å²) >= 11 is 0. The average molecular weight is 488 g/mol. The average Bonchev–Trinajstić information content (AvgIpc) is 3.20. The summed E-state index contributed by atoms with van der Waals surface area (Å²) in [6.45, 7) is 4.08. The van der Waals surface area contributed by atoms with Gasteiger partial charge in [-0.05, 0) is 42.3 Å². The Balaban J connectivity index is 1.17. The van der Waals surface area contributed by atoms with Gasteiger partial charge in [0.05, 0.1) is 5.52 Å². The number of halogens is 1. The number of carbonyl (C=O) groups excluding carboxylic acids is 3. The van der Waals surface area contributed by atoms with E-state index in [4.69, 9.17) is 0 Å². The number of imide groups is 1. The van der Waals surface area contributed by atoms with Crippen molar-refractivity contribution < 1.29 is 18.8 Å². The number of hydrogen-bond donors (Lipinski definition) is 1. The molecule has 2 fully saturated rings. The van der Waals surface area contributed by atoms with Gasteiger partial charge in [0.1, 0.15) is 11.9 Å². The highest BCUT2D eigenvalue weighted by Gasteiger charge is 2.41. The Labute approximate surface area is 207 Å². The van der Waals surface area contributed by atoms with Crippen molar-refractivity contribution in [3.8, 4) is 0 Å². The predicted molar refractivity (Wildman–Crippen MR) is 132 cm³/mol. The zero-order valence-electron chi connectivity index (χ0n) is 19.7. The molecule has 1 aromatic heterocycles. The molecule has 8 nitrogen and oxygen atoms in total. The lowest BCUT2D eigenvalue weighted by Crippen LogP contribution is -2.52. The lowest BCUT2D eigenvalue weighted by molar-refractivity contribution is -0.136. The number of fused-ring (bicyclic) bond motifs is 2. The first-order valence-electron chi connectivity index (χ1n) is 12.2. The quantitative estimate of drug-likeness (QED) is 0.569. The summed E-state index contributed by atoms with van der Waals surface area (Å²) in [5, 5.41) is 3.43. The fourth-order valence-corrected chi connectivity index (χ4v) is 5.52. The van der Waals surface area contributed by atoms with E-state index in [-0.39, 0.29) is 31.2 Å². The zero-order valence-corrected chi connectivity index (χ0v) is 19.7. The van der Waals surface area contributed by atoms with Crippen molar-refractivity contribution in [2.45, 2.75) is 32.0 Å². The van der Waals surface area contributed by atoms with Crippen LogP contribution < -0.4 is 10.2 Å². The maximum absolute atomic E-state index is 14.6. The summed E-state index contributed by atoms with van der Waals surface area (Å²) < 4.78 is 14.6. The first-order chi connectivity index (χ1) is 17.5. The highest BCUT2D eigenvalue weighted by atomic mass is 19.1. The topological polar surface area (TPSA) is 85.9 Å². The molecule has 4 heterocycles. The molecule has 0 saturated carbocycles. The van der Waals surface area contributed by atoms with Crippen LogP contribution in [0.5, 0.6) is 0 Å². The molecule has 1 unspecified atom stereocenters. The van der Waals surface area contributed by atoms with E-state index in [0.717, 1.165) is 36.1 Å². The Morgan fingerprint density at radius 3 is 2.67 bits per heavy atom. The summed E-state index contributed by atoms with van der Waals surface area (Å²) in [6, 6.07) is 12.4. The van der Waals surface area contributed by atoms with E-state index in [2.05, 4.69) is 38.3 Å². The molecule has 0 aliphatic carbocycles. The fraction of sp³-hybridized carbons (Fsp3) is 0.333. The first-order valence-corrected chi connectivity index (χ1v) is 12.2. The number of rotatable bonds is 4. The zero-order chi connectivity index (χ0) is 24.8. The van der Waals surface area contributed by atoms with Crippen LogP contribution in [0.2, 0.25) is 0 Å². The van der Waals surface area contributed by atoms with Gasteiger partial charge in [-0.3, -0.25) is 29.6 Å². The van der Waals surface area contributed by atoms with Crippen LogP contribution in [0.3, 0.4) is 0 Å². The molecular formula is C27H26FN5O3. The van der Waals surface area contributed by atoms with Gasteiger partial charge in [-0.15, -0.1) is 0 Å². The lowest BCUT2D eigenvalue weighted by Gasteiger charge is -2.37. The van der Waals surface area contributed by atoms with Crippen LogP contribution in [-0.4, -0.2) is 64.7 Å². The lowest BCUT2D eigenvalue weighted by atomic mass is 10.0. The van der Waals surface area contributed by atoms with Crippen molar-refractivity contribution in [1.82, 2.24) is 20.1 Å². The molecule has 3 amide bonds. The van der Waals surface area contributed by atoms with Crippen molar-refractivity contribution in [3.05, 3.63) is 71.2 Å². The van der Waals surface area contributed by atoms with Crippen molar-refractivity contribution >= 4 is 34.3 Å². The number of piperidine rings is 1. The number of piperazine rings is 1. The molecule has 36 heavy (non-hydrogen) atoms. The minimum absolute atomic E-state index is 0.188. The summed E-state index contributed by atoms with van der Waals surface area (Å²) in [6.07, 6.45) is 2.27. The number of amides is 3. The maximum atomic E-state index is 14.6. The van der Waals surface area contributed by atoms with Gasteiger partial charge < -0.3 is 9.80 Å². The summed E-state index contributed by atoms with van der Waals surface area (Å²) in [5.74, 6) is -1.61. The van der Waals surface area contributed by atoms with Gasteiger partial charge in [0, 0.05) is 74.1 Å². The number of nitrogens with one attached hydrogen (secondary N) is 1. The van der Waals surface area contributed by atoms with Crippen molar-refractivity contribution in [2.75, 3.05) is 31.1 Å². The highest BCUT2D eigenvalue weighted by Crippen LogP contribution is 2.35. The van der Waals surface area contributed by atoms with E-state index < -0.39 is 17.8 Å². The molecule has 0 spiro atoms. The number of pyridine rings is 1. The van der Waals surface area contributed by atoms with Gasteiger partial charge in [0.15, 0.2) is 0 Å². The molecule has 3 aliphatic rings. The van der Waals surface area contributed by atoms with Crippen LogP contribution in [-0.2, 0) is 22.7 Å². The van der Waals surface area contributed by atoms with E-state index >= 15 is 0 Å². The number of carbonyl (C=O) groups is 3. The number of hydrogen-bond acceptors (Lipinski definition) is 6. The number of benzene rings is 2. The van der Waals surface area contributed by atoms with Gasteiger partial charge in [0.2, 0.25) is 11.8 Å². The molecule has 9 heteroatoms. The molecule has 0 radical (unpaired) electrons. The molecular weight excluding hydrogens is 461 g/mol. The third-order valence-corrected chi connectivity index (χ3v) is 7.38. The van der Waals surface area contributed by atoms with E-state index in [1.807, 2.05) is 12.1 Å². The van der Waals surface area contributed by atoms with Crippen LogP contribution in [0.4, 0.5) is 10.1 Å². The molecule has 0 bridgehead atoms. The van der Waals surface area contributed by atoms with Gasteiger partial charge in [-0.1, -0.05) is 12.1 Å². The van der Waals surface area contributed by atoms with E-state index in [9.17, 15) is 18.8 Å². The van der Waals surface area contributed by atoms with Gasteiger partial charge in [0.25, 0.3) is 5.91 Å². The Kier molecular flexibility index (Phi) is 5.64. The van der Waals surface area contributed by atoms with E-state index in [1.54, 1.807) is 6.20 Å². The molecule has 2 aromatic carbocycles. The normalized spacial score (nSPS) is 20.7. The second kappa shape index (κ2) is 8.98. The smallest absolute Gasteiger partial charge is 0.255 e. The number of anilines is 1. The Hall–Kier alpha value is -3.85. The Morgan fingerprint density at radius 1 is 1.03 bits per heavy atom. The first kappa shape index (κ1) is 22.6.